The summed E-state index contributed by atoms with van der Waals surface area (Å²) in [7, 11) is 0. The Labute approximate surface area is 123 Å². The molecule has 1 aromatic rings. The summed E-state index contributed by atoms with van der Waals surface area (Å²) in [4.78, 5) is 4.22. The van der Waals surface area contributed by atoms with Crippen molar-refractivity contribution in [2.45, 2.75) is 33.2 Å². The fraction of sp³-hybridized carbons (Fsp3) is 0.643. The predicted molar refractivity (Wildman–Crippen MR) is 85.3 cm³/mol. The lowest BCUT2D eigenvalue weighted by molar-refractivity contribution is 0.571. The molecule has 0 aliphatic rings. The molecule has 2 nitrogen and oxygen atoms in total. The summed E-state index contributed by atoms with van der Waals surface area (Å²) in [5, 5.41) is 3.56. The van der Waals surface area contributed by atoms with Crippen LogP contribution >= 0.6 is 27.7 Å². The Balaban J connectivity index is 2.46. The van der Waals surface area contributed by atoms with Gasteiger partial charge in [0, 0.05) is 28.7 Å². The average molecular weight is 331 g/mol. The van der Waals surface area contributed by atoms with Gasteiger partial charge in [0.15, 0.2) is 0 Å². The number of hydrogen-bond acceptors (Lipinski definition) is 3. The van der Waals surface area contributed by atoms with Crippen molar-refractivity contribution in [3.05, 3.63) is 28.5 Å². The number of halogens is 1. The fourth-order valence-corrected chi connectivity index (χ4v) is 3.32. The van der Waals surface area contributed by atoms with Crippen molar-refractivity contribution in [3.63, 3.8) is 0 Å². The molecule has 1 rings (SSSR count). The Morgan fingerprint density at radius 2 is 2.11 bits per heavy atom. The largest absolute Gasteiger partial charge is 0.313 e. The summed E-state index contributed by atoms with van der Waals surface area (Å²) in [6.45, 7) is 7.73. The third-order valence-electron chi connectivity index (χ3n) is 2.51. The first-order valence-electron chi connectivity index (χ1n) is 6.52. The summed E-state index contributed by atoms with van der Waals surface area (Å²) in [6, 6.07) is 2.69. The van der Waals surface area contributed by atoms with Crippen molar-refractivity contribution >= 4 is 27.7 Å². The van der Waals surface area contributed by atoms with Crippen LogP contribution in [0.5, 0.6) is 0 Å². The summed E-state index contributed by atoms with van der Waals surface area (Å²) < 4.78 is 1.06. The second kappa shape index (κ2) is 8.94. The first kappa shape index (κ1) is 16.0. The molecule has 102 valence electrons. The van der Waals surface area contributed by atoms with Crippen LogP contribution in [-0.2, 0) is 6.42 Å². The van der Waals surface area contributed by atoms with Crippen molar-refractivity contribution in [3.8, 4) is 0 Å². The van der Waals surface area contributed by atoms with Crippen LogP contribution in [0, 0.1) is 5.92 Å². The monoisotopic (exact) mass is 330 g/mol. The van der Waals surface area contributed by atoms with E-state index in [0.717, 1.165) is 23.4 Å². The molecule has 0 fully saturated rings. The third kappa shape index (κ3) is 6.76. The predicted octanol–water partition coefficient (Wildman–Crippen LogP) is 3.75. The maximum absolute atomic E-state index is 4.22. The van der Waals surface area contributed by atoms with E-state index in [9.17, 15) is 0 Å². The van der Waals surface area contributed by atoms with Crippen LogP contribution in [0.4, 0.5) is 0 Å². The minimum absolute atomic E-state index is 0.537. The van der Waals surface area contributed by atoms with E-state index in [0.29, 0.717) is 6.04 Å². The SMILES string of the molecule is CCNC(CSCC(C)C)Cc1cncc(Br)c1. The van der Waals surface area contributed by atoms with E-state index in [-0.39, 0.29) is 0 Å². The molecule has 0 spiro atoms. The molecule has 0 saturated heterocycles. The van der Waals surface area contributed by atoms with E-state index in [2.05, 4.69) is 53.1 Å². The minimum atomic E-state index is 0.537. The van der Waals surface area contributed by atoms with Crippen LogP contribution < -0.4 is 5.32 Å². The molecular weight excluding hydrogens is 308 g/mol. The zero-order valence-corrected chi connectivity index (χ0v) is 13.9. The highest BCUT2D eigenvalue weighted by Crippen LogP contribution is 2.14. The van der Waals surface area contributed by atoms with Gasteiger partial charge in [-0.05, 0) is 52.2 Å². The van der Waals surface area contributed by atoms with E-state index < -0.39 is 0 Å². The molecule has 0 aliphatic heterocycles. The molecule has 0 saturated carbocycles. The van der Waals surface area contributed by atoms with Gasteiger partial charge >= 0.3 is 0 Å². The molecule has 1 aromatic heterocycles. The number of pyridine rings is 1. The number of nitrogens with one attached hydrogen (secondary N) is 1. The van der Waals surface area contributed by atoms with Crippen molar-refractivity contribution in [2.75, 3.05) is 18.1 Å². The third-order valence-corrected chi connectivity index (χ3v) is 4.48. The minimum Gasteiger partial charge on any atom is -0.313 e. The van der Waals surface area contributed by atoms with E-state index in [1.165, 1.54) is 17.1 Å². The smallest absolute Gasteiger partial charge is 0.0410 e. The molecule has 1 unspecified atom stereocenters. The molecule has 1 heterocycles. The molecular formula is C14H23BrN2S. The van der Waals surface area contributed by atoms with E-state index >= 15 is 0 Å². The Bertz CT molecular complexity index is 344. The maximum atomic E-state index is 4.22. The zero-order chi connectivity index (χ0) is 13.4. The highest BCUT2D eigenvalue weighted by atomic mass is 79.9. The Kier molecular flexibility index (Phi) is 7.95. The summed E-state index contributed by atoms with van der Waals surface area (Å²) >= 11 is 5.51. The van der Waals surface area contributed by atoms with E-state index in [1.807, 2.05) is 24.2 Å². The van der Waals surface area contributed by atoms with Gasteiger partial charge in [0.2, 0.25) is 0 Å². The average Bonchev–Trinajstić information content (AvgIpc) is 2.28. The molecule has 0 amide bonds. The van der Waals surface area contributed by atoms with Gasteiger partial charge in [-0.3, -0.25) is 4.98 Å². The molecule has 18 heavy (non-hydrogen) atoms. The lowest BCUT2D eigenvalue weighted by atomic mass is 10.1. The molecule has 4 heteroatoms. The Morgan fingerprint density at radius 1 is 1.33 bits per heavy atom. The van der Waals surface area contributed by atoms with Gasteiger partial charge in [-0.15, -0.1) is 0 Å². The number of hydrogen-bond donors (Lipinski definition) is 1. The normalized spacial score (nSPS) is 12.9. The summed E-state index contributed by atoms with van der Waals surface area (Å²) in [5.74, 6) is 3.17. The van der Waals surface area contributed by atoms with E-state index in [4.69, 9.17) is 0 Å². The van der Waals surface area contributed by atoms with Crippen LogP contribution in [0.3, 0.4) is 0 Å². The van der Waals surface area contributed by atoms with Gasteiger partial charge in [0.25, 0.3) is 0 Å². The van der Waals surface area contributed by atoms with Crippen molar-refractivity contribution in [1.29, 1.82) is 0 Å². The van der Waals surface area contributed by atoms with Crippen molar-refractivity contribution in [2.24, 2.45) is 5.92 Å². The van der Waals surface area contributed by atoms with Crippen LogP contribution in [0.15, 0.2) is 22.9 Å². The van der Waals surface area contributed by atoms with Crippen LogP contribution in [-0.4, -0.2) is 29.1 Å². The lowest BCUT2D eigenvalue weighted by Gasteiger charge is -2.18. The standard InChI is InChI=1S/C14H23BrN2S/c1-4-17-14(10-18-9-11(2)3)6-12-5-13(15)8-16-7-12/h5,7-8,11,14,17H,4,6,9-10H2,1-3H3. The van der Waals surface area contributed by atoms with Crippen molar-refractivity contribution < 1.29 is 0 Å². The van der Waals surface area contributed by atoms with Crippen LogP contribution in [0.25, 0.3) is 0 Å². The topological polar surface area (TPSA) is 24.9 Å². The molecule has 0 radical (unpaired) electrons. The summed E-state index contributed by atoms with van der Waals surface area (Å²) in [5.41, 5.74) is 1.29. The van der Waals surface area contributed by atoms with Gasteiger partial charge < -0.3 is 5.32 Å². The molecule has 1 atom stereocenters. The molecule has 0 bridgehead atoms. The van der Waals surface area contributed by atoms with Gasteiger partial charge in [0.05, 0.1) is 0 Å². The van der Waals surface area contributed by atoms with Gasteiger partial charge in [-0.2, -0.15) is 11.8 Å². The number of likely N-dealkylation sites (N-methyl/N-ethyl adjacent to an activating group) is 1. The fourth-order valence-electron chi connectivity index (χ4n) is 1.78. The molecule has 0 aromatic carbocycles. The number of nitrogens with zero attached hydrogens (tertiary/aromatic N) is 1. The highest BCUT2D eigenvalue weighted by molar-refractivity contribution is 9.10. The second-order valence-corrected chi connectivity index (χ2v) is 6.89. The van der Waals surface area contributed by atoms with E-state index in [1.54, 1.807) is 0 Å². The number of thioether (sulfide) groups is 1. The van der Waals surface area contributed by atoms with Crippen LogP contribution in [0.1, 0.15) is 26.3 Å². The van der Waals surface area contributed by atoms with Crippen LogP contribution in [0.2, 0.25) is 0 Å². The quantitative estimate of drug-likeness (QED) is 0.785. The maximum Gasteiger partial charge on any atom is 0.0410 e. The molecule has 0 aliphatic carbocycles. The Morgan fingerprint density at radius 3 is 2.72 bits per heavy atom. The lowest BCUT2D eigenvalue weighted by Crippen LogP contribution is -2.33. The Hall–Kier alpha value is -0.0600. The first-order valence-corrected chi connectivity index (χ1v) is 8.47. The van der Waals surface area contributed by atoms with Gasteiger partial charge in [-0.25, -0.2) is 0 Å². The van der Waals surface area contributed by atoms with Crippen molar-refractivity contribution in [1.82, 2.24) is 10.3 Å². The molecule has 1 N–H and O–H groups in total. The summed E-state index contributed by atoms with van der Waals surface area (Å²) in [6.07, 6.45) is 4.84. The first-order chi connectivity index (χ1) is 8.61. The number of rotatable bonds is 8. The second-order valence-electron chi connectivity index (χ2n) is 4.90. The zero-order valence-electron chi connectivity index (χ0n) is 11.4. The van der Waals surface area contributed by atoms with Gasteiger partial charge in [-0.1, -0.05) is 20.8 Å². The highest BCUT2D eigenvalue weighted by Gasteiger charge is 2.09. The van der Waals surface area contributed by atoms with Gasteiger partial charge in [0.1, 0.15) is 0 Å². The number of aromatic nitrogens is 1.